The molecule has 1 nitrogen and oxygen atoms in total. The van der Waals surface area contributed by atoms with Crippen LogP contribution < -0.4 is 0 Å². The first-order valence-corrected chi connectivity index (χ1v) is 4.01. The molecule has 1 heterocycles. The highest BCUT2D eigenvalue weighted by Gasteiger charge is 1.91. The van der Waals surface area contributed by atoms with Crippen molar-refractivity contribution in [3.8, 4) is 0 Å². The quantitative estimate of drug-likeness (QED) is 0.539. The van der Waals surface area contributed by atoms with Crippen molar-refractivity contribution < 1.29 is 0 Å². The normalized spacial score (nSPS) is 14.5. The summed E-state index contributed by atoms with van der Waals surface area (Å²) in [6, 6.07) is 0. The Morgan fingerprint density at radius 1 is 1.30 bits per heavy atom. The van der Waals surface area contributed by atoms with Crippen LogP contribution in [0.2, 0.25) is 0 Å². The molecule has 0 aliphatic carbocycles. The Morgan fingerprint density at radius 2 is 2.00 bits per heavy atom. The molecule has 0 bridgehead atoms. The van der Waals surface area contributed by atoms with E-state index in [1.165, 1.54) is 0 Å². The number of hydrogen-bond acceptors (Lipinski definition) is 1. The lowest BCUT2D eigenvalue weighted by Gasteiger charge is -2.16. The number of rotatable bonds is 1. The number of hydrogen-bond donors (Lipinski definition) is 0. The summed E-state index contributed by atoms with van der Waals surface area (Å²) < 4.78 is 0. The Balaban J connectivity index is 0.000000371. The van der Waals surface area contributed by atoms with Gasteiger partial charge in [0.2, 0.25) is 0 Å². The van der Waals surface area contributed by atoms with Crippen LogP contribution >= 0.6 is 0 Å². The summed E-state index contributed by atoms with van der Waals surface area (Å²) in [4.78, 5) is 2.25. The van der Waals surface area contributed by atoms with Gasteiger partial charge >= 0.3 is 0 Å². The molecule has 0 atom stereocenters. The SMILES string of the molecule is CC.CCN1C=CC=CC1. The Morgan fingerprint density at radius 3 is 2.30 bits per heavy atom. The molecule has 0 fully saturated rings. The second kappa shape index (κ2) is 6.40. The van der Waals surface area contributed by atoms with Crippen LogP contribution in [0.4, 0.5) is 0 Å². The van der Waals surface area contributed by atoms with E-state index in [0.717, 1.165) is 13.1 Å². The third kappa shape index (κ3) is 3.33. The fourth-order valence-electron chi connectivity index (χ4n) is 0.742. The van der Waals surface area contributed by atoms with Crippen molar-refractivity contribution in [1.82, 2.24) is 4.90 Å². The molecule has 0 N–H and O–H groups in total. The van der Waals surface area contributed by atoms with Crippen molar-refractivity contribution in [3.63, 3.8) is 0 Å². The smallest absolute Gasteiger partial charge is 0.0356 e. The van der Waals surface area contributed by atoms with E-state index >= 15 is 0 Å². The van der Waals surface area contributed by atoms with Crippen molar-refractivity contribution in [1.29, 1.82) is 0 Å². The van der Waals surface area contributed by atoms with Crippen LogP contribution in [0.1, 0.15) is 20.8 Å². The van der Waals surface area contributed by atoms with E-state index in [2.05, 4.69) is 36.3 Å². The largest absolute Gasteiger partial charge is 0.374 e. The van der Waals surface area contributed by atoms with Crippen molar-refractivity contribution in [2.24, 2.45) is 0 Å². The standard InChI is InChI=1S/C7H11N.C2H6/c1-2-8-6-4-3-5-7-8;1-2/h3-6H,2,7H2,1H3;1-2H3. The lowest BCUT2D eigenvalue weighted by molar-refractivity contribution is 0.436. The maximum atomic E-state index is 2.25. The summed E-state index contributed by atoms with van der Waals surface area (Å²) in [6.45, 7) is 8.34. The molecule has 10 heavy (non-hydrogen) atoms. The lowest BCUT2D eigenvalue weighted by atomic mass is 10.3. The topological polar surface area (TPSA) is 3.24 Å². The molecule has 1 rings (SSSR count). The molecule has 0 spiro atoms. The van der Waals surface area contributed by atoms with Gasteiger partial charge in [-0.15, -0.1) is 0 Å². The third-order valence-corrected chi connectivity index (χ3v) is 1.29. The van der Waals surface area contributed by atoms with Crippen LogP contribution in [0.5, 0.6) is 0 Å². The highest BCUT2D eigenvalue weighted by molar-refractivity contribution is 5.08. The molecule has 0 aromatic heterocycles. The highest BCUT2D eigenvalue weighted by atomic mass is 15.1. The Hall–Kier alpha value is -0.720. The molecule has 1 aliphatic heterocycles. The van der Waals surface area contributed by atoms with Gasteiger partial charge < -0.3 is 4.90 Å². The van der Waals surface area contributed by atoms with Gasteiger partial charge in [-0.3, -0.25) is 0 Å². The fourth-order valence-corrected chi connectivity index (χ4v) is 0.742. The first-order valence-electron chi connectivity index (χ1n) is 4.01. The van der Waals surface area contributed by atoms with Gasteiger partial charge in [0.25, 0.3) is 0 Å². The van der Waals surface area contributed by atoms with Crippen LogP contribution in [-0.2, 0) is 0 Å². The molecule has 0 amide bonds. The summed E-state index contributed by atoms with van der Waals surface area (Å²) in [5, 5.41) is 0. The average Bonchev–Trinajstić information content (AvgIpc) is 2.10. The summed E-state index contributed by atoms with van der Waals surface area (Å²) in [7, 11) is 0. The van der Waals surface area contributed by atoms with Crippen LogP contribution in [0.15, 0.2) is 24.4 Å². The van der Waals surface area contributed by atoms with E-state index in [9.17, 15) is 0 Å². The van der Waals surface area contributed by atoms with Crippen LogP contribution in [0.3, 0.4) is 0 Å². The fraction of sp³-hybridized carbons (Fsp3) is 0.556. The molecule has 0 unspecified atom stereocenters. The van der Waals surface area contributed by atoms with Gasteiger partial charge in [0.15, 0.2) is 0 Å². The van der Waals surface area contributed by atoms with Crippen molar-refractivity contribution in [2.45, 2.75) is 20.8 Å². The van der Waals surface area contributed by atoms with Crippen LogP contribution in [0.25, 0.3) is 0 Å². The van der Waals surface area contributed by atoms with E-state index < -0.39 is 0 Å². The van der Waals surface area contributed by atoms with Crippen molar-refractivity contribution >= 4 is 0 Å². The van der Waals surface area contributed by atoms with Gasteiger partial charge in [-0.1, -0.05) is 26.0 Å². The zero-order valence-corrected chi connectivity index (χ0v) is 7.17. The Kier molecular flexibility index (Phi) is 5.94. The highest BCUT2D eigenvalue weighted by Crippen LogP contribution is 1.95. The van der Waals surface area contributed by atoms with Crippen molar-refractivity contribution in [2.75, 3.05) is 13.1 Å². The summed E-state index contributed by atoms with van der Waals surface area (Å²) in [5.41, 5.74) is 0. The molecule has 0 aromatic rings. The maximum Gasteiger partial charge on any atom is 0.0356 e. The van der Waals surface area contributed by atoms with E-state index in [-0.39, 0.29) is 0 Å². The number of nitrogens with zero attached hydrogens (tertiary/aromatic N) is 1. The molecule has 0 saturated carbocycles. The summed E-state index contributed by atoms with van der Waals surface area (Å²) in [5.74, 6) is 0. The first kappa shape index (κ1) is 9.28. The second-order valence-electron chi connectivity index (χ2n) is 1.86. The predicted octanol–water partition coefficient (Wildman–Crippen LogP) is 2.42. The predicted molar refractivity (Wildman–Crippen MR) is 46.9 cm³/mol. The Labute approximate surface area is 64.0 Å². The minimum Gasteiger partial charge on any atom is -0.374 e. The van der Waals surface area contributed by atoms with Gasteiger partial charge in [-0.2, -0.15) is 0 Å². The molecule has 0 saturated heterocycles. The molecule has 1 aliphatic rings. The number of allylic oxidation sites excluding steroid dienone is 2. The summed E-state index contributed by atoms with van der Waals surface area (Å²) in [6.07, 6.45) is 8.41. The lowest BCUT2D eigenvalue weighted by Crippen LogP contribution is -2.17. The second-order valence-corrected chi connectivity index (χ2v) is 1.86. The van der Waals surface area contributed by atoms with Gasteiger partial charge in [0, 0.05) is 13.1 Å². The maximum absolute atomic E-state index is 2.25. The van der Waals surface area contributed by atoms with Gasteiger partial charge in [0.1, 0.15) is 0 Å². The molecule has 58 valence electrons. The Bertz CT molecular complexity index is 114. The van der Waals surface area contributed by atoms with E-state index in [1.54, 1.807) is 0 Å². The van der Waals surface area contributed by atoms with E-state index in [0.29, 0.717) is 0 Å². The van der Waals surface area contributed by atoms with E-state index in [1.807, 2.05) is 13.8 Å². The van der Waals surface area contributed by atoms with Crippen LogP contribution in [0, 0.1) is 0 Å². The van der Waals surface area contributed by atoms with E-state index in [4.69, 9.17) is 0 Å². The molecule has 0 aromatic carbocycles. The average molecular weight is 139 g/mol. The molecule has 0 radical (unpaired) electrons. The molecular weight excluding hydrogens is 122 g/mol. The number of likely N-dealkylation sites (N-methyl/N-ethyl adjacent to an activating group) is 1. The van der Waals surface area contributed by atoms with Gasteiger partial charge in [-0.05, 0) is 19.2 Å². The third-order valence-electron chi connectivity index (χ3n) is 1.29. The zero-order chi connectivity index (χ0) is 7.82. The minimum atomic E-state index is 1.08. The monoisotopic (exact) mass is 139 g/mol. The van der Waals surface area contributed by atoms with Gasteiger partial charge in [-0.25, -0.2) is 0 Å². The summed E-state index contributed by atoms with van der Waals surface area (Å²) >= 11 is 0. The molecule has 1 heteroatoms. The van der Waals surface area contributed by atoms with Gasteiger partial charge in [0.05, 0.1) is 0 Å². The zero-order valence-electron chi connectivity index (χ0n) is 7.17. The molecular formula is C9H17N. The van der Waals surface area contributed by atoms with Crippen molar-refractivity contribution in [3.05, 3.63) is 24.4 Å². The van der Waals surface area contributed by atoms with Crippen LogP contribution in [-0.4, -0.2) is 18.0 Å². The minimum absolute atomic E-state index is 1.08. The first-order chi connectivity index (χ1) is 4.93.